The SMILES string of the molecule is N#CC1=C(c2ccccc2)/C(=C/c2cn(-c3ccccc3)nc2-c2cccc(OCc3ccccc3)c2)C(=O)N(C2CCS(=O)(=O)C2)C1=O. The van der Waals surface area contributed by atoms with Crippen LogP contribution in [0.2, 0.25) is 0 Å². The third kappa shape index (κ3) is 6.44. The molecule has 9 nitrogen and oxygen atoms in total. The molecule has 10 heteroatoms. The summed E-state index contributed by atoms with van der Waals surface area (Å²) in [6, 6.07) is 36.8. The van der Waals surface area contributed by atoms with Crippen molar-refractivity contribution in [2.75, 3.05) is 11.5 Å². The summed E-state index contributed by atoms with van der Waals surface area (Å²) in [5.41, 5.74) is 4.17. The molecule has 2 amide bonds. The molecule has 49 heavy (non-hydrogen) atoms. The van der Waals surface area contributed by atoms with Crippen LogP contribution in [0, 0.1) is 11.3 Å². The van der Waals surface area contributed by atoms with Crippen molar-refractivity contribution in [3.05, 3.63) is 149 Å². The van der Waals surface area contributed by atoms with E-state index in [9.17, 15) is 23.3 Å². The molecule has 0 saturated carbocycles. The number of nitriles is 1. The summed E-state index contributed by atoms with van der Waals surface area (Å²) in [7, 11) is -3.44. The topological polar surface area (TPSA) is 122 Å². The van der Waals surface area contributed by atoms with E-state index >= 15 is 0 Å². The lowest BCUT2D eigenvalue weighted by Gasteiger charge is -2.32. The average Bonchev–Trinajstić information content (AvgIpc) is 3.72. The van der Waals surface area contributed by atoms with E-state index in [1.807, 2.05) is 91.0 Å². The Balaban J connectivity index is 1.39. The van der Waals surface area contributed by atoms with Gasteiger partial charge in [-0.25, -0.2) is 13.1 Å². The second kappa shape index (κ2) is 13.2. The summed E-state index contributed by atoms with van der Waals surface area (Å²) in [6.07, 6.45) is 3.54. The fourth-order valence-corrected chi connectivity index (χ4v) is 7.90. The van der Waals surface area contributed by atoms with Crippen molar-refractivity contribution in [3.8, 4) is 28.8 Å². The lowest BCUT2D eigenvalue weighted by molar-refractivity contribution is -0.142. The van der Waals surface area contributed by atoms with Crippen molar-refractivity contribution < 1.29 is 22.7 Å². The molecular weight excluding hydrogens is 637 g/mol. The number of carbonyl (C=O) groups is 2. The molecule has 1 unspecified atom stereocenters. The number of benzene rings is 4. The molecule has 7 rings (SSSR count). The van der Waals surface area contributed by atoms with Crippen LogP contribution >= 0.6 is 0 Å². The van der Waals surface area contributed by atoms with Crippen LogP contribution in [0.1, 0.15) is 23.1 Å². The first kappa shape index (κ1) is 31.5. The molecule has 0 bridgehead atoms. The maximum atomic E-state index is 14.4. The van der Waals surface area contributed by atoms with Crippen molar-refractivity contribution in [1.29, 1.82) is 5.26 Å². The van der Waals surface area contributed by atoms with E-state index in [2.05, 4.69) is 0 Å². The largest absolute Gasteiger partial charge is 0.489 e. The van der Waals surface area contributed by atoms with E-state index in [-0.39, 0.29) is 34.6 Å². The fraction of sp³-hybridized carbons (Fsp3) is 0.128. The van der Waals surface area contributed by atoms with Gasteiger partial charge in [0.15, 0.2) is 9.84 Å². The van der Waals surface area contributed by atoms with Crippen LogP contribution in [0.25, 0.3) is 28.6 Å². The van der Waals surface area contributed by atoms with Crippen molar-refractivity contribution in [2.45, 2.75) is 19.1 Å². The number of para-hydroxylation sites is 1. The van der Waals surface area contributed by atoms with Gasteiger partial charge in [-0.3, -0.25) is 14.5 Å². The molecule has 0 aliphatic carbocycles. The highest BCUT2D eigenvalue weighted by Gasteiger charge is 2.45. The molecule has 0 spiro atoms. The highest BCUT2D eigenvalue weighted by atomic mass is 32.2. The van der Waals surface area contributed by atoms with Gasteiger partial charge < -0.3 is 4.74 Å². The quantitative estimate of drug-likeness (QED) is 0.146. The molecule has 1 aromatic heterocycles. The summed E-state index contributed by atoms with van der Waals surface area (Å²) in [5, 5.41) is 15.3. The zero-order chi connectivity index (χ0) is 34.0. The molecule has 0 N–H and O–H groups in total. The minimum Gasteiger partial charge on any atom is -0.489 e. The lowest BCUT2D eigenvalue weighted by atomic mass is 9.86. The maximum absolute atomic E-state index is 14.4. The van der Waals surface area contributed by atoms with Crippen LogP contribution in [0.4, 0.5) is 0 Å². The van der Waals surface area contributed by atoms with Gasteiger partial charge in [0.2, 0.25) is 0 Å². The van der Waals surface area contributed by atoms with Gasteiger partial charge in [0.25, 0.3) is 11.8 Å². The van der Waals surface area contributed by atoms with Gasteiger partial charge in [0.05, 0.1) is 28.8 Å². The van der Waals surface area contributed by atoms with Gasteiger partial charge in [0.1, 0.15) is 29.7 Å². The number of rotatable bonds is 8. The Morgan fingerprint density at radius 1 is 0.857 bits per heavy atom. The maximum Gasteiger partial charge on any atom is 0.272 e. The number of nitrogens with zero attached hydrogens (tertiary/aromatic N) is 4. The fourth-order valence-electron chi connectivity index (χ4n) is 6.20. The first-order valence-electron chi connectivity index (χ1n) is 15.7. The number of sulfone groups is 1. The Kier molecular flexibility index (Phi) is 8.51. The Hall–Kier alpha value is -6.05. The molecular formula is C39H30N4O5S. The Bertz CT molecular complexity index is 2270. The normalized spacial score (nSPS) is 18.1. The number of amides is 2. The molecule has 4 aromatic carbocycles. The predicted molar refractivity (Wildman–Crippen MR) is 186 cm³/mol. The summed E-state index contributed by atoms with van der Waals surface area (Å²) in [6.45, 7) is 0.372. The Morgan fingerprint density at radius 2 is 1.53 bits per heavy atom. The summed E-state index contributed by atoms with van der Waals surface area (Å²) in [4.78, 5) is 29.2. The van der Waals surface area contributed by atoms with Crippen molar-refractivity contribution >= 4 is 33.3 Å². The van der Waals surface area contributed by atoms with Gasteiger partial charge in [-0.1, -0.05) is 91.0 Å². The Morgan fingerprint density at radius 3 is 2.20 bits per heavy atom. The van der Waals surface area contributed by atoms with Gasteiger partial charge in [-0.05, 0) is 47.9 Å². The molecule has 2 aliphatic heterocycles. The van der Waals surface area contributed by atoms with Crippen LogP contribution in [-0.2, 0) is 26.0 Å². The molecule has 1 fully saturated rings. The van der Waals surface area contributed by atoms with E-state index < -0.39 is 27.7 Å². The number of carbonyl (C=O) groups excluding carboxylic acids is 2. The number of imide groups is 1. The second-order valence-corrected chi connectivity index (χ2v) is 14.1. The van der Waals surface area contributed by atoms with Crippen LogP contribution in [-0.4, -0.2) is 52.5 Å². The van der Waals surface area contributed by atoms with E-state index in [1.54, 1.807) is 47.3 Å². The second-order valence-electron chi connectivity index (χ2n) is 11.8. The number of hydrogen-bond acceptors (Lipinski definition) is 7. The smallest absolute Gasteiger partial charge is 0.272 e. The average molecular weight is 667 g/mol. The lowest BCUT2D eigenvalue weighted by Crippen LogP contribution is -2.49. The van der Waals surface area contributed by atoms with E-state index in [1.165, 1.54) is 0 Å². The summed E-state index contributed by atoms with van der Waals surface area (Å²) in [5.74, 6) is -1.32. The third-order valence-electron chi connectivity index (χ3n) is 8.57. The predicted octanol–water partition coefficient (Wildman–Crippen LogP) is 6.03. The van der Waals surface area contributed by atoms with Crippen LogP contribution in [0.15, 0.2) is 133 Å². The van der Waals surface area contributed by atoms with E-state index in [4.69, 9.17) is 9.84 Å². The van der Waals surface area contributed by atoms with Gasteiger partial charge in [0, 0.05) is 22.9 Å². The summed E-state index contributed by atoms with van der Waals surface area (Å²) >= 11 is 0. The molecule has 242 valence electrons. The Labute approximate surface area is 283 Å². The molecule has 3 heterocycles. The summed E-state index contributed by atoms with van der Waals surface area (Å²) < 4.78 is 32.7. The molecule has 1 saturated heterocycles. The molecule has 0 radical (unpaired) electrons. The number of ether oxygens (including phenoxy) is 1. The molecule has 2 aliphatic rings. The third-order valence-corrected chi connectivity index (χ3v) is 10.3. The number of hydrogen-bond donors (Lipinski definition) is 0. The zero-order valence-electron chi connectivity index (χ0n) is 26.3. The number of aromatic nitrogens is 2. The molecule has 1 atom stereocenters. The zero-order valence-corrected chi connectivity index (χ0v) is 27.1. The highest BCUT2D eigenvalue weighted by Crippen LogP contribution is 2.38. The molecule has 5 aromatic rings. The van der Waals surface area contributed by atoms with Crippen LogP contribution < -0.4 is 4.74 Å². The minimum absolute atomic E-state index is 0.0944. The van der Waals surface area contributed by atoms with Crippen molar-refractivity contribution in [1.82, 2.24) is 14.7 Å². The minimum atomic E-state index is -3.44. The van der Waals surface area contributed by atoms with Crippen molar-refractivity contribution in [3.63, 3.8) is 0 Å². The monoisotopic (exact) mass is 666 g/mol. The van der Waals surface area contributed by atoms with E-state index in [0.717, 1.165) is 21.7 Å². The van der Waals surface area contributed by atoms with Crippen molar-refractivity contribution in [2.24, 2.45) is 0 Å². The van der Waals surface area contributed by atoms with Gasteiger partial charge in [-0.15, -0.1) is 0 Å². The van der Waals surface area contributed by atoms with Crippen LogP contribution in [0.3, 0.4) is 0 Å². The van der Waals surface area contributed by atoms with Crippen LogP contribution in [0.5, 0.6) is 5.75 Å². The van der Waals surface area contributed by atoms with Gasteiger partial charge >= 0.3 is 0 Å². The first-order valence-corrected chi connectivity index (χ1v) is 17.6. The first-order chi connectivity index (χ1) is 23.8. The van der Waals surface area contributed by atoms with E-state index in [0.29, 0.717) is 29.2 Å². The van der Waals surface area contributed by atoms with Gasteiger partial charge in [-0.2, -0.15) is 10.4 Å². The highest BCUT2D eigenvalue weighted by molar-refractivity contribution is 7.91. The standard InChI is InChI=1S/C39H30N4O5S/c40-23-35-36(28-13-6-2-7-14-28)34(38(44)43(39(35)45)32-19-20-49(46,47)26-32)22-30-24-42(31-16-8-3-9-17-31)41-37(30)29-15-10-18-33(21-29)48-25-27-11-4-1-5-12-27/h1-18,21-22,24,32H,19-20,25-26H2/b34-22-.